The van der Waals surface area contributed by atoms with Crippen molar-refractivity contribution in [1.82, 2.24) is 4.98 Å². The highest BCUT2D eigenvalue weighted by Crippen LogP contribution is 2.32. The Morgan fingerprint density at radius 1 is 1.50 bits per heavy atom. The third-order valence-electron chi connectivity index (χ3n) is 3.71. The summed E-state index contributed by atoms with van der Waals surface area (Å²) in [5.41, 5.74) is 6.32. The summed E-state index contributed by atoms with van der Waals surface area (Å²) in [5.74, 6) is -0.0731. The van der Waals surface area contributed by atoms with Gasteiger partial charge in [-0.25, -0.2) is 4.98 Å². The zero-order chi connectivity index (χ0) is 15.2. The van der Waals surface area contributed by atoms with E-state index in [1.54, 1.807) is 12.3 Å². The Kier molecular flexibility index (Phi) is 7.78. The number of esters is 1. The lowest BCUT2D eigenvalue weighted by molar-refractivity contribution is -0.142. The van der Waals surface area contributed by atoms with Gasteiger partial charge in [-0.3, -0.25) is 9.59 Å². The number of nitrogens with two attached hydrogens (primary N) is 1. The molecule has 0 spiro atoms. The van der Waals surface area contributed by atoms with Crippen LogP contribution < -0.4 is 11.1 Å². The van der Waals surface area contributed by atoms with Gasteiger partial charge in [0.05, 0.1) is 18.7 Å². The molecule has 8 heteroatoms. The molecule has 1 saturated carbocycles. The van der Waals surface area contributed by atoms with Gasteiger partial charge in [0.2, 0.25) is 5.91 Å². The standard InChI is InChI=1S/C14H21N3O3S.ClH/c1-2-20-12(18)6-10-8-21-14(16-10)17-13(19)11-5-3-4-9(11)7-15;/h8-9,11H,2-7,15H2,1H3,(H,16,17,19);1H/t9-,11-;/m1./s1. The summed E-state index contributed by atoms with van der Waals surface area (Å²) in [4.78, 5) is 27.9. The molecule has 0 aromatic carbocycles. The summed E-state index contributed by atoms with van der Waals surface area (Å²) in [6.45, 7) is 2.67. The molecule has 0 aliphatic heterocycles. The van der Waals surface area contributed by atoms with Gasteiger partial charge < -0.3 is 15.8 Å². The van der Waals surface area contributed by atoms with Crippen LogP contribution >= 0.6 is 23.7 Å². The summed E-state index contributed by atoms with van der Waals surface area (Å²) in [6.07, 6.45) is 3.08. The highest BCUT2D eigenvalue weighted by molar-refractivity contribution is 7.13. The maximum Gasteiger partial charge on any atom is 0.311 e. The first-order valence-corrected chi connectivity index (χ1v) is 8.13. The van der Waals surface area contributed by atoms with E-state index in [0.29, 0.717) is 24.0 Å². The number of rotatable bonds is 6. The molecule has 1 amide bonds. The third-order valence-corrected chi connectivity index (χ3v) is 4.52. The number of anilines is 1. The normalized spacial score (nSPS) is 20.3. The predicted molar refractivity (Wildman–Crippen MR) is 88.2 cm³/mol. The van der Waals surface area contributed by atoms with Crippen molar-refractivity contribution in [2.45, 2.75) is 32.6 Å². The number of hydrogen-bond acceptors (Lipinski definition) is 6. The van der Waals surface area contributed by atoms with Gasteiger partial charge in [-0.1, -0.05) is 6.42 Å². The molecule has 3 N–H and O–H groups in total. The summed E-state index contributed by atoms with van der Waals surface area (Å²) in [6, 6.07) is 0. The van der Waals surface area contributed by atoms with E-state index in [4.69, 9.17) is 10.5 Å². The minimum absolute atomic E-state index is 0. The summed E-state index contributed by atoms with van der Waals surface area (Å²) >= 11 is 1.32. The fourth-order valence-corrected chi connectivity index (χ4v) is 3.38. The first-order valence-electron chi connectivity index (χ1n) is 7.25. The molecule has 1 aliphatic rings. The fourth-order valence-electron chi connectivity index (χ4n) is 2.67. The number of nitrogens with one attached hydrogen (secondary N) is 1. The average molecular weight is 348 g/mol. The quantitative estimate of drug-likeness (QED) is 0.767. The van der Waals surface area contributed by atoms with Crippen molar-refractivity contribution in [3.05, 3.63) is 11.1 Å². The summed E-state index contributed by atoms with van der Waals surface area (Å²) in [7, 11) is 0. The Bertz CT molecular complexity index is 509. The smallest absolute Gasteiger partial charge is 0.311 e. The molecule has 1 aromatic rings. The van der Waals surface area contributed by atoms with Crippen molar-refractivity contribution in [3.63, 3.8) is 0 Å². The first-order chi connectivity index (χ1) is 10.1. The number of amides is 1. The number of aromatic nitrogens is 1. The van der Waals surface area contributed by atoms with E-state index >= 15 is 0 Å². The minimum Gasteiger partial charge on any atom is -0.466 e. The maximum absolute atomic E-state index is 12.2. The van der Waals surface area contributed by atoms with E-state index in [0.717, 1.165) is 19.3 Å². The lowest BCUT2D eigenvalue weighted by Crippen LogP contribution is -2.29. The van der Waals surface area contributed by atoms with Crippen molar-refractivity contribution in [2.75, 3.05) is 18.5 Å². The monoisotopic (exact) mass is 347 g/mol. The number of ether oxygens (including phenoxy) is 1. The van der Waals surface area contributed by atoms with E-state index in [1.165, 1.54) is 11.3 Å². The molecule has 0 bridgehead atoms. The van der Waals surface area contributed by atoms with Crippen LogP contribution in [-0.4, -0.2) is 30.0 Å². The second-order valence-electron chi connectivity index (χ2n) is 5.15. The van der Waals surface area contributed by atoms with Crippen molar-refractivity contribution >= 4 is 40.8 Å². The topological polar surface area (TPSA) is 94.3 Å². The molecule has 0 radical (unpaired) electrons. The molecule has 1 heterocycles. The fraction of sp³-hybridized carbons (Fsp3) is 0.643. The second-order valence-corrected chi connectivity index (χ2v) is 6.01. The SMILES string of the molecule is CCOC(=O)Cc1csc(NC(=O)[C@@H]2CCC[C@@H]2CN)n1.Cl. The maximum atomic E-state index is 12.2. The van der Waals surface area contributed by atoms with Crippen LogP contribution in [0.1, 0.15) is 31.9 Å². The van der Waals surface area contributed by atoms with Gasteiger partial charge in [0.1, 0.15) is 0 Å². The molecule has 1 aromatic heterocycles. The van der Waals surface area contributed by atoms with Gasteiger partial charge in [0, 0.05) is 11.3 Å². The summed E-state index contributed by atoms with van der Waals surface area (Å²) in [5, 5.41) is 5.13. The van der Waals surface area contributed by atoms with E-state index in [1.807, 2.05) is 0 Å². The molecular formula is C14H22ClN3O3S. The van der Waals surface area contributed by atoms with Gasteiger partial charge in [-0.2, -0.15) is 0 Å². The minimum atomic E-state index is -0.306. The number of hydrogen-bond donors (Lipinski definition) is 2. The Labute approximate surface area is 140 Å². The van der Waals surface area contributed by atoms with Crippen molar-refractivity contribution in [2.24, 2.45) is 17.6 Å². The van der Waals surface area contributed by atoms with Crippen LogP contribution in [0.3, 0.4) is 0 Å². The number of nitrogens with zero attached hydrogens (tertiary/aromatic N) is 1. The number of halogens is 1. The van der Waals surface area contributed by atoms with Crippen LogP contribution in [0.4, 0.5) is 5.13 Å². The van der Waals surface area contributed by atoms with Crippen molar-refractivity contribution in [3.8, 4) is 0 Å². The van der Waals surface area contributed by atoms with Crippen LogP contribution in [0.25, 0.3) is 0 Å². The molecule has 0 unspecified atom stereocenters. The Morgan fingerprint density at radius 3 is 2.95 bits per heavy atom. The van der Waals surface area contributed by atoms with Gasteiger partial charge >= 0.3 is 5.97 Å². The van der Waals surface area contributed by atoms with Crippen LogP contribution in [-0.2, 0) is 20.7 Å². The molecule has 1 fully saturated rings. The Balaban J connectivity index is 0.00000242. The van der Waals surface area contributed by atoms with E-state index < -0.39 is 0 Å². The van der Waals surface area contributed by atoms with Gasteiger partial charge in [0.25, 0.3) is 0 Å². The lowest BCUT2D eigenvalue weighted by Gasteiger charge is -2.16. The highest BCUT2D eigenvalue weighted by atomic mass is 35.5. The van der Waals surface area contributed by atoms with E-state index in [2.05, 4.69) is 10.3 Å². The van der Waals surface area contributed by atoms with Crippen LogP contribution in [0.2, 0.25) is 0 Å². The highest BCUT2D eigenvalue weighted by Gasteiger charge is 2.32. The molecule has 6 nitrogen and oxygen atoms in total. The summed E-state index contributed by atoms with van der Waals surface area (Å²) < 4.78 is 4.87. The molecule has 0 saturated heterocycles. The molecule has 124 valence electrons. The molecule has 1 aliphatic carbocycles. The molecule has 22 heavy (non-hydrogen) atoms. The van der Waals surface area contributed by atoms with Crippen molar-refractivity contribution in [1.29, 1.82) is 0 Å². The first kappa shape index (κ1) is 18.9. The lowest BCUT2D eigenvalue weighted by atomic mass is 9.95. The van der Waals surface area contributed by atoms with Crippen molar-refractivity contribution < 1.29 is 14.3 Å². The zero-order valence-electron chi connectivity index (χ0n) is 12.5. The zero-order valence-corrected chi connectivity index (χ0v) is 14.2. The van der Waals surface area contributed by atoms with E-state index in [-0.39, 0.29) is 42.5 Å². The number of thiazole rings is 1. The average Bonchev–Trinajstić information content (AvgIpc) is 3.07. The molecule has 2 atom stereocenters. The Hall–Kier alpha value is -1.18. The molecular weight excluding hydrogens is 326 g/mol. The van der Waals surface area contributed by atoms with Gasteiger partial charge in [-0.15, -0.1) is 23.7 Å². The molecule has 2 rings (SSSR count). The third kappa shape index (κ3) is 4.93. The van der Waals surface area contributed by atoms with Crippen LogP contribution in [0.15, 0.2) is 5.38 Å². The van der Waals surface area contributed by atoms with Gasteiger partial charge in [0.15, 0.2) is 5.13 Å². The second kappa shape index (κ2) is 9.07. The van der Waals surface area contributed by atoms with E-state index in [9.17, 15) is 9.59 Å². The van der Waals surface area contributed by atoms with Crippen LogP contribution in [0.5, 0.6) is 0 Å². The predicted octanol–water partition coefficient (Wildman–Crippen LogP) is 1.98. The number of carbonyl (C=O) groups excluding carboxylic acids is 2. The van der Waals surface area contributed by atoms with Gasteiger partial charge in [-0.05, 0) is 32.2 Å². The largest absolute Gasteiger partial charge is 0.466 e. The Morgan fingerprint density at radius 2 is 2.27 bits per heavy atom. The van der Waals surface area contributed by atoms with Crippen LogP contribution in [0, 0.1) is 11.8 Å². The number of carbonyl (C=O) groups is 2.